The molecule has 0 fully saturated rings. The van der Waals surface area contributed by atoms with Crippen LogP contribution < -0.4 is 5.32 Å². The summed E-state index contributed by atoms with van der Waals surface area (Å²) in [4.78, 5) is 37.8. The van der Waals surface area contributed by atoms with Crippen LogP contribution in [-0.2, 0) is 27.9 Å². The summed E-state index contributed by atoms with van der Waals surface area (Å²) in [6.45, 7) is 6.89. The maximum Gasteiger partial charge on any atom is 0.472 e. The second kappa shape index (κ2) is 60.3. The Morgan fingerprint density at radius 1 is 0.444 bits per heavy atom. The predicted octanol–water partition coefficient (Wildman–Crippen LogP) is 21.3. The topological polar surface area (TPSA) is 111 Å². The Morgan fingerprint density at radius 3 is 1.21 bits per heavy atom. The van der Waals surface area contributed by atoms with E-state index >= 15 is 0 Å². The number of phosphoric ester groups is 1. The first-order chi connectivity index (χ1) is 39.4. The van der Waals surface area contributed by atoms with E-state index in [2.05, 4.69) is 99.0 Å². The van der Waals surface area contributed by atoms with Crippen LogP contribution in [0.15, 0.2) is 85.1 Å². The molecule has 1 amide bonds. The minimum Gasteiger partial charge on any atom is -0.456 e. The number of hydrogen-bond donors (Lipinski definition) is 2. The van der Waals surface area contributed by atoms with Crippen LogP contribution in [0, 0.1) is 0 Å². The van der Waals surface area contributed by atoms with Crippen molar-refractivity contribution in [2.75, 3.05) is 40.9 Å². The van der Waals surface area contributed by atoms with E-state index in [1.807, 2.05) is 33.3 Å². The molecule has 0 saturated carbocycles. The molecule has 10 heteroatoms. The molecule has 0 aliphatic rings. The van der Waals surface area contributed by atoms with Crippen LogP contribution in [0.25, 0.3) is 0 Å². The molecular formula is C71H130N2O7P+. The minimum absolute atomic E-state index is 0.0310. The molecule has 470 valence electrons. The van der Waals surface area contributed by atoms with Crippen molar-refractivity contribution >= 4 is 19.7 Å². The maximum absolute atomic E-state index is 13.6. The lowest BCUT2D eigenvalue weighted by Gasteiger charge is -2.27. The van der Waals surface area contributed by atoms with E-state index in [4.69, 9.17) is 13.8 Å². The predicted molar refractivity (Wildman–Crippen MR) is 351 cm³/mol. The summed E-state index contributed by atoms with van der Waals surface area (Å²) in [7, 11) is 1.47. The lowest BCUT2D eigenvalue weighted by Crippen LogP contribution is -2.47. The van der Waals surface area contributed by atoms with Crippen molar-refractivity contribution < 1.29 is 37.3 Å². The average Bonchev–Trinajstić information content (AvgIpc) is 3.44. The van der Waals surface area contributed by atoms with Gasteiger partial charge >= 0.3 is 13.8 Å². The number of hydrogen-bond acceptors (Lipinski definition) is 6. The zero-order chi connectivity index (χ0) is 59.3. The van der Waals surface area contributed by atoms with Gasteiger partial charge in [-0.3, -0.25) is 18.6 Å². The van der Waals surface area contributed by atoms with E-state index in [-0.39, 0.29) is 31.5 Å². The molecule has 0 aliphatic carbocycles. The summed E-state index contributed by atoms with van der Waals surface area (Å²) in [6.07, 6.45) is 80.2. The monoisotopic (exact) mass is 1150 g/mol. The van der Waals surface area contributed by atoms with Crippen LogP contribution >= 0.6 is 7.82 Å². The zero-order valence-corrected chi connectivity index (χ0v) is 54.7. The van der Waals surface area contributed by atoms with Crippen molar-refractivity contribution in [2.45, 2.75) is 315 Å². The van der Waals surface area contributed by atoms with Crippen molar-refractivity contribution in [3.63, 3.8) is 0 Å². The largest absolute Gasteiger partial charge is 0.472 e. The molecule has 3 unspecified atom stereocenters. The highest BCUT2D eigenvalue weighted by molar-refractivity contribution is 7.47. The molecule has 3 atom stereocenters. The Morgan fingerprint density at radius 2 is 0.790 bits per heavy atom. The number of esters is 1. The minimum atomic E-state index is -4.47. The van der Waals surface area contributed by atoms with E-state index in [9.17, 15) is 19.0 Å². The number of ether oxygens (including phenoxy) is 1. The Bertz CT molecular complexity index is 1660. The summed E-state index contributed by atoms with van der Waals surface area (Å²) < 4.78 is 30.8. The second-order valence-corrected chi connectivity index (χ2v) is 25.4. The molecule has 0 spiro atoms. The fraction of sp³-hybridized carbons (Fsp3) is 0.775. The third-order valence-corrected chi connectivity index (χ3v) is 15.8. The molecule has 9 nitrogen and oxygen atoms in total. The number of nitrogens with one attached hydrogen (secondary N) is 1. The molecule has 0 aromatic carbocycles. The van der Waals surface area contributed by atoms with Crippen molar-refractivity contribution in [3.8, 4) is 0 Å². The van der Waals surface area contributed by atoms with Gasteiger partial charge in [-0.25, -0.2) is 4.57 Å². The van der Waals surface area contributed by atoms with Gasteiger partial charge < -0.3 is 19.4 Å². The van der Waals surface area contributed by atoms with Crippen molar-refractivity contribution in [1.82, 2.24) is 5.32 Å². The van der Waals surface area contributed by atoms with Crippen molar-refractivity contribution in [1.29, 1.82) is 0 Å². The fourth-order valence-electron chi connectivity index (χ4n) is 9.61. The zero-order valence-electron chi connectivity index (χ0n) is 53.8. The number of carbonyl (C=O) groups excluding carboxylic acids is 2. The number of unbranched alkanes of at least 4 members (excludes halogenated alkanes) is 33. The molecule has 0 aromatic rings. The molecule has 0 saturated heterocycles. The third-order valence-electron chi connectivity index (χ3n) is 14.8. The highest BCUT2D eigenvalue weighted by Gasteiger charge is 2.30. The van der Waals surface area contributed by atoms with Crippen LogP contribution in [0.3, 0.4) is 0 Å². The van der Waals surface area contributed by atoms with E-state index in [1.165, 1.54) is 173 Å². The van der Waals surface area contributed by atoms with Gasteiger partial charge in [0.15, 0.2) is 0 Å². The van der Waals surface area contributed by atoms with Crippen LogP contribution in [0.4, 0.5) is 0 Å². The first-order valence-corrected chi connectivity index (χ1v) is 35.4. The van der Waals surface area contributed by atoms with Gasteiger partial charge in [0.1, 0.15) is 19.3 Å². The van der Waals surface area contributed by atoms with Gasteiger partial charge in [0.05, 0.1) is 33.8 Å². The highest BCUT2D eigenvalue weighted by Crippen LogP contribution is 2.43. The molecule has 81 heavy (non-hydrogen) atoms. The lowest BCUT2D eigenvalue weighted by molar-refractivity contribution is -0.870. The summed E-state index contributed by atoms with van der Waals surface area (Å²) in [5.41, 5.74) is 0. The number of amides is 1. The van der Waals surface area contributed by atoms with E-state index < -0.39 is 20.0 Å². The molecule has 0 heterocycles. The second-order valence-electron chi connectivity index (χ2n) is 24.0. The van der Waals surface area contributed by atoms with Crippen LogP contribution in [0.2, 0.25) is 0 Å². The number of phosphoric acid groups is 1. The Kier molecular flexibility index (Phi) is 58.2. The van der Waals surface area contributed by atoms with E-state index in [0.717, 1.165) is 89.9 Å². The molecule has 0 aromatic heterocycles. The van der Waals surface area contributed by atoms with Gasteiger partial charge in [-0.05, 0) is 102 Å². The molecule has 0 bridgehead atoms. The van der Waals surface area contributed by atoms with Gasteiger partial charge in [-0.1, -0.05) is 273 Å². The van der Waals surface area contributed by atoms with Crippen LogP contribution in [-0.4, -0.2) is 74.3 Å². The standard InChI is InChI=1S/C71H129N2O7P/c1-7-10-13-16-19-22-25-28-30-32-34-35-36-37-39-41-43-46-49-52-55-58-61-64-71(75)80-69(62-59-56-53-50-47-44-27-24-21-18-15-12-9-3)68(67-79-81(76,77)78-66-65-73(4,5)6)72-70(74)63-60-57-54-51-48-45-42-40-38-33-31-29-26-23-20-17-14-11-8-2/h11,14,20,23,28-31,38,40,45,48,59,62,68-69H,7-10,12-13,15-19,21-22,24-27,32-37,39,41-44,46-47,49-58,60-61,63-67H2,1-6H3,(H-,72,74,76,77)/p+1/b14-11-,23-20-,30-28+,31-29-,40-38-,48-45-,62-59+. The maximum atomic E-state index is 13.6. The first-order valence-electron chi connectivity index (χ1n) is 33.9. The van der Waals surface area contributed by atoms with E-state index in [0.29, 0.717) is 23.9 Å². The smallest absolute Gasteiger partial charge is 0.456 e. The Labute approximate surface area is 501 Å². The van der Waals surface area contributed by atoms with Gasteiger partial charge in [-0.2, -0.15) is 0 Å². The third kappa shape index (κ3) is 61.6. The number of nitrogens with zero attached hydrogens (tertiary/aromatic N) is 1. The summed E-state index contributed by atoms with van der Waals surface area (Å²) >= 11 is 0. The summed E-state index contributed by atoms with van der Waals surface area (Å²) in [5, 5.41) is 3.05. The molecule has 2 N–H and O–H groups in total. The fourth-order valence-corrected chi connectivity index (χ4v) is 10.3. The lowest BCUT2D eigenvalue weighted by atomic mass is 10.0. The SMILES string of the molecule is CC/C=C\C/C=C\C/C=C\C/C=C\C/C=C\CCCCCC(=O)NC(COP(=O)(O)OCC[N+](C)(C)C)C(/C=C/CCCCCCCCCCCCC)OC(=O)CCCCCCCCCCCCCCC/C=C/CCCCCCCC. The normalized spacial score (nSPS) is 14.1. The van der Waals surface area contributed by atoms with E-state index in [1.54, 1.807) is 0 Å². The number of carbonyl (C=O) groups is 2. The van der Waals surface area contributed by atoms with Crippen molar-refractivity contribution in [3.05, 3.63) is 85.1 Å². The number of quaternary nitrogens is 1. The molecular weight excluding hydrogens is 1020 g/mol. The molecule has 0 aliphatic heterocycles. The van der Waals surface area contributed by atoms with Gasteiger partial charge in [-0.15, -0.1) is 0 Å². The first kappa shape index (κ1) is 78.2. The molecule has 0 rings (SSSR count). The van der Waals surface area contributed by atoms with Crippen molar-refractivity contribution in [2.24, 2.45) is 0 Å². The number of allylic oxidation sites excluding steroid dienone is 13. The highest BCUT2D eigenvalue weighted by atomic mass is 31.2. The Balaban J connectivity index is 5.21. The molecule has 0 radical (unpaired) electrons. The van der Waals surface area contributed by atoms with Gasteiger partial charge in [0, 0.05) is 12.8 Å². The van der Waals surface area contributed by atoms with Gasteiger partial charge in [0.25, 0.3) is 0 Å². The Hall–Kier alpha value is -2.81. The van der Waals surface area contributed by atoms with Crippen LogP contribution in [0.1, 0.15) is 303 Å². The van der Waals surface area contributed by atoms with Gasteiger partial charge in [0.2, 0.25) is 5.91 Å². The summed E-state index contributed by atoms with van der Waals surface area (Å²) in [5.74, 6) is -0.537. The summed E-state index contributed by atoms with van der Waals surface area (Å²) in [6, 6.07) is -0.870. The number of rotatable bonds is 61. The number of likely N-dealkylation sites (N-methyl/N-ethyl adjacent to an activating group) is 1. The average molecular weight is 1150 g/mol. The van der Waals surface area contributed by atoms with Crippen LogP contribution in [0.5, 0.6) is 0 Å². The quantitative estimate of drug-likeness (QED) is 0.0205.